The van der Waals surface area contributed by atoms with Crippen molar-refractivity contribution in [1.29, 1.82) is 0 Å². The van der Waals surface area contributed by atoms with E-state index in [1.54, 1.807) is 77.1 Å². The summed E-state index contributed by atoms with van der Waals surface area (Å²) in [4.78, 5) is 36.5. The normalized spacial score (nSPS) is 11.9. The number of carbonyl (C=O) groups is 3. The zero-order valence-electron chi connectivity index (χ0n) is 25.4. The summed E-state index contributed by atoms with van der Waals surface area (Å²) in [6.07, 6.45) is 2.40. The van der Waals surface area contributed by atoms with Gasteiger partial charge in [-0.15, -0.1) is 0 Å². The van der Waals surface area contributed by atoms with Crippen LogP contribution in [0.4, 0.5) is 10.5 Å². The van der Waals surface area contributed by atoms with Crippen molar-refractivity contribution in [2.24, 2.45) is 5.10 Å². The molecule has 1 atom stereocenters. The molecule has 11 nitrogen and oxygen atoms in total. The Bertz CT molecular complexity index is 1180. The molecule has 2 rings (SSSR count). The molecular formula is C31H43N3O8. The molecule has 0 saturated heterocycles. The van der Waals surface area contributed by atoms with Gasteiger partial charge >= 0.3 is 18.0 Å². The Morgan fingerprint density at radius 2 is 1.62 bits per heavy atom. The predicted octanol–water partition coefficient (Wildman–Crippen LogP) is 5.77. The third-order valence-electron chi connectivity index (χ3n) is 5.45. The molecule has 0 aliphatic heterocycles. The van der Waals surface area contributed by atoms with Crippen LogP contribution in [0.25, 0.3) is 0 Å². The van der Waals surface area contributed by atoms with Crippen molar-refractivity contribution in [3.8, 4) is 11.5 Å². The number of esters is 2. The first kappa shape index (κ1) is 33.9. The molecule has 0 aromatic heterocycles. The van der Waals surface area contributed by atoms with Crippen LogP contribution in [0.1, 0.15) is 78.0 Å². The first-order chi connectivity index (χ1) is 20.1. The van der Waals surface area contributed by atoms with E-state index in [0.29, 0.717) is 61.8 Å². The molecule has 11 heteroatoms. The van der Waals surface area contributed by atoms with Gasteiger partial charge in [0.05, 0.1) is 32.6 Å². The largest absolute Gasteiger partial charge is 0.494 e. The standard InChI is InChI=1S/C31H43N3O8/c1-7-38-24-17-18-26(41-19-11-10-12-27(35)39-8-2)25(20-24)28(29(36)40-9-3)33-23-15-13-22(14-16-23)21-32-34-30(37)42-31(4,5)6/h13-18,20-21,28,33H,7-12,19H2,1-6H3,(H,34,37). The first-order valence-electron chi connectivity index (χ1n) is 14.2. The minimum atomic E-state index is -0.895. The van der Waals surface area contributed by atoms with Crippen LogP contribution in [0.2, 0.25) is 0 Å². The number of rotatable bonds is 16. The first-order valence-corrected chi connectivity index (χ1v) is 14.2. The lowest BCUT2D eigenvalue weighted by molar-refractivity contribution is -0.144. The lowest BCUT2D eigenvalue weighted by Gasteiger charge is -2.22. The third-order valence-corrected chi connectivity index (χ3v) is 5.45. The summed E-state index contributed by atoms with van der Waals surface area (Å²) in [7, 11) is 0. The topological polar surface area (TPSA) is 134 Å². The van der Waals surface area contributed by atoms with Crippen molar-refractivity contribution in [2.45, 2.75) is 72.4 Å². The maximum Gasteiger partial charge on any atom is 0.428 e. The Morgan fingerprint density at radius 1 is 0.905 bits per heavy atom. The number of nitrogens with zero attached hydrogens (tertiary/aromatic N) is 1. The average Bonchev–Trinajstić information content (AvgIpc) is 2.92. The summed E-state index contributed by atoms with van der Waals surface area (Å²) in [6.45, 7) is 12.1. The zero-order valence-corrected chi connectivity index (χ0v) is 25.4. The second-order valence-electron chi connectivity index (χ2n) is 10.1. The minimum absolute atomic E-state index is 0.201. The molecule has 0 bridgehead atoms. The van der Waals surface area contributed by atoms with Gasteiger partial charge in [0.2, 0.25) is 0 Å². The van der Waals surface area contributed by atoms with Gasteiger partial charge in [-0.25, -0.2) is 15.0 Å². The van der Waals surface area contributed by atoms with Crippen LogP contribution in [-0.2, 0) is 23.8 Å². The molecule has 0 spiro atoms. The van der Waals surface area contributed by atoms with Gasteiger partial charge < -0.3 is 29.0 Å². The number of amides is 1. The minimum Gasteiger partial charge on any atom is -0.494 e. The van der Waals surface area contributed by atoms with Crippen LogP contribution in [0, 0.1) is 0 Å². The molecule has 0 heterocycles. The van der Waals surface area contributed by atoms with E-state index >= 15 is 0 Å². The lowest BCUT2D eigenvalue weighted by atomic mass is 10.0. The van der Waals surface area contributed by atoms with Gasteiger partial charge in [-0.05, 0) is 90.3 Å². The van der Waals surface area contributed by atoms with E-state index in [9.17, 15) is 14.4 Å². The van der Waals surface area contributed by atoms with Crippen molar-refractivity contribution in [1.82, 2.24) is 5.43 Å². The maximum absolute atomic E-state index is 13.1. The maximum atomic E-state index is 13.1. The van der Waals surface area contributed by atoms with Crippen LogP contribution < -0.4 is 20.2 Å². The van der Waals surface area contributed by atoms with Crippen molar-refractivity contribution < 1.29 is 38.1 Å². The van der Waals surface area contributed by atoms with Gasteiger partial charge in [0.25, 0.3) is 0 Å². The summed E-state index contributed by atoms with van der Waals surface area (Å²) in [6, 6.07) is 11.5. The van der Waals surface area contributed by atoms with Crippen LogP contribution in [0.5, 0.6) is 11.5 Å². The number of hydrogen-bond donors (Lipinski definition) is 2. The molecule has 0 aliphatic carbocycles. The van der Waals surface area contributed by atoms with Crippen LogP contribution >= 0.6 is 0 Å². The highest BCUT2D eigenvalue weighted by molar-refractivity contribution is 5.84. The molecule has 230 valence electrons. The van der Waals surface area contributed by atoms with E-state index in [4.69, 9.17) is 23.7 Å². The van der Waals surface area contributed by atoms with Crippen molar-refractivity contribution in [2.75, 3.05) is 31.7 Å². The van der Waals surface area contributed by atoms with E-state index in [1.807, 2.05) is 6.92 Å². The van der Waals surface area contributed by atoms with Crippen molar-refractivity contribution in [3.63, 3.8) is 0 Å². The molecule has 0 fully saturated rings. The second-order valence-corrected chi connectivity index (χ2v) is 10.1. The summed E-state index contributed by atoms with van der Waals surface area (Å²) in [5.41, 5.74) is 3.62. The number of benzene rings is 2. The number of hydrazone groups is 1. The second kappa shape index (κ2) is 17.5. The number of hydrogen-bond acceptors (Lipinski definition) is 10. The third kappa shape index (κ3) is 12.5. The number of unbranched alkanes of at least 4 members (excludes halogenated alkanes) is 1. The number of anilines is 1. The summed E-state index contributed by atoms with van der Waals surface area (Å²) in [5.74, 6) is 0.368. The molecule has 2 N–H and O–H groups in total. The monoisotopic (exact) mass is 585 g/mol. The molecular weight excluding hydrogens is 542 g/mol. The number of nitrogens with one attached hydrogen (secondary N) is 2. The Morgan fingerprint density at radius 3 is 2.26 bits per heavy atom. The Balaban J connectivity index is 2.19. The van der Waals surface area contributed by atoms with Crippen molar-refractivity contribution >= 4 is 29.9 Å². The highest BCUT2D eigenvalue weighted by Gasteiger charge is 2.26. The molecule has 0 radical (unpaired) electrons. The SMILES string of the molecule is CCOC(=O)CCCCOc1ccc(OCC)cc1C(Nc1ccc(C=NNC(=O)OC(C)(C)C)cc1)C(=O)OCC. The Labute approximate surface area is 247 Å². The molecule has 2 aromatic rings. The fraction of sp³-hybridized carbons (Fsp3) is 0.484. The smallest absolute Gasteiger partial charge is 0.428 e. The van der Waals surface area contributed by atoms with E-state index < -0.39 is 23.7 Å². The summed E-state index contributed by atoms with van der Waals surface area (Å²) in [5, 5.41) is 7.16. The van der Waals surface area contributed by atoms with Crippen molar-refractivity contribution in [3.05, 3.63) is 53.6 Å². The highest BCUT2D eigenvalue weighted by Crippen LogP contribution is 2.33. The van der Waals surface area contributed by atoms with Gasteiger partial charge in [0.1, 0.15) is 17.1 Å². The van der Waals surface area contributed by atoms with Gasteiger partial charge in [-0.1, -0.05) is 12.1 Å². The van der Waals surface area contributed by atoms with E-state index in [-0.39, 0.29) is 12.6 Å². The zero-order chi connectivity index (χ0) is 31.0. The van der Waals surface area contributed by atoms with Gasteiger partial charge in [-0.3, -0.25) is 4.79 Å². The fourth-order valence-corrected chi connectivity index (χ4v) is 3.71. The van der Waals surface area contributed by atoms with Crippen LogP contribution in [0.3, 0.4) is 0 Å². The highest BCUT2D eigenvalue weighted by atomic mass is 16.6. The van der Waals surface area contributed by atoms with Crippen LogP contribution in [0.15, 0.2) is 47.6 Å². The molecule has 42 heavy (non-hydrogen) atoms. The fourth-order valence-electron chi connectivity index (χ4n) is 3.71. The summed E-state index contributed by atoms with van der Waals surface area (Å²) >= 11 is 0. The molecule has 0 saturated carbocycles. The molecule has 2 aromatic carbocycles. The quantitative estimate of drug-likeness (QED) is 0.0827. The number of ether oxygens (including phenoxy) is 5. The molecule has 1 amide bonds. The van der Waals surface area contributed by atoms with Gasteiger partial charge in [0.15, 0.2) is 6.04 Å². The predicted molar refractivity (Wildman–Crippen MR) is 160 cm³/mol. The van der Waals surface area contributed by atoms with E-state index in [1.165, 1.54) is 6.21 Å². The van der Waals surface area contributed by atoms with Crippen LogP contribution in [-0.4, -0.2) is 56.3 Å². The van der Waals surface area contributed by atoms with E-state index in [2.05, 4.69) is 15.8 Å². The Kier molecular flexibility index (Phi) is 14.1. The van der Waals surface area contributed by atoms with Gasteiger partial charge in [-0.2, -0.15) is 5.10 Å². The van der Waals surface area contributed by atoms with E-state index in [0.717, 1.165) is 5.56 Å². The summed E-state index contributed by atoms with van der Waals surface area (Å²) < 4.78 is 27.3. The van der Waals surface area contributed by atoms with Gasteiger partial charge in [0, 0.05) is 17.7 Å². The molecule has 0 aliphatic rings. The lowest BCUT2D eigenvalue weighted by Crippen LogP contribution is -2.29. The average molecular weight is 586 g/mol. The Hall–Kier alpha value is -4.28. The number of carbonyl (C=O) groups excluding carboxylic acids is 3. The molecule has 1 unspecified atom stereocenters.